The van der Waals surface area contributed by atoms with E-state index in [1.54, 1.807) is 7.11 Å². The minimum Gasteiger partial charge on any atom is -0.381 e. The molecule has 3 aliphatic rings. The van der Waals surface area contributed by atoms with Gasteiger partial charge in [0, 0.05) is 38.5 Å². The fourth-order valence-electron chi connectivity index (χ4n) is 4.71. The average molecular weight is 410 g/mol. The summed E-state index contributed by atoms with van der Waals surface area (Å²) >= 11 is 0. The molecule has 8 nitrogen and oxygen atoms in total. The Bertz CT molecular complexity index is 895. The predicted molar refractivity (Wildman–Crippen MR) is 120 cm³/mol. The van der Waals surface area contributed by atoms with Gasteiger partial charge in [0.1, 0.15) is 11.6 Å². The van der Waals surface area contributed by atoms with Gasteiger partial charge in [-0.3, -0.25) is 0 Å². The van der Waals surface area contributed by atoms with Crippen LogP contribution in [-0.4, -0.2) is 53.5 Å². The van der Waals surface area contributed by atoms with Crippen LogP contribution in [0.3, 0.4) is 0 Å². The molecule has 2 aliphatic heterocycles. The molecule has 1 saturated heterocycles. The predicted octanol–water partition coefficient (Wildman–Crippen LogP) is 3.61. The number of rotatable bonds is 6. The highest BCUT2D eigenvalue weighted by Gasteiger charge is 2.38. The van der Waals surface area contributed by atoms with Crippen molar-refractivity contribution in [1.82, 2.24) is 15.0 Å². The summed E-state index contributed by atoms with van der Waals surface area (Å²) in [5.74, 6) is 3.13. The molecule has 0 amide bonds. The highest BCUT2D eigenvalue weighted by atomic mass is 16.5. The first-order valence-electron chi connectivity index (χ1n) is 11.0. The van der Waals surface area contributed by atoms with Crippen LogP contribution in [0, 0.1) is 5.92 Å². The van der Waals surface area contributed by atoms with Gasteiger partial charge in [-0.1, -0.05) is 0 Å². The molecule has 0 spiro atoms. The Hall–Kier alpha value is -2.61. The minimum absolute atomic E-state index is 0.285. The molecule has 1 saturated carbocycles. The number of nitrogens with zero attached hydrogens (tertiary/aromatic N) is 5. The molecule has 2 unspecified atom stereocenters. The lowest BCUT2D eigenvalue weighted by atomic mass is 10.1. The number of pyridine rings is 1. The second-order valence-electron chi connectivity index (χ2n) is 8.68. The van der Waals surface area contributed by atoms with Crippen molar-refractivity contribution in [2.24, 2.45) is 5.92 Å². The maximum atomic E-state index is 5.47. The van der Waals surface area contributed by atoms with Crippen molar-refractivity contribution in [1.29, 1.82) is 0 Å². The van der Waals surface area contributed by atoms with Gasteiger partial charge < -0.3 is 25.2 Å². The lowest BCUT2D eigenvalue weighted by molar-refractivity contribution is 0.0816. The number of hydrogen-bond acceptors (Lipinski definition) is 8. The second-order valence-corrected chi connectivity index (χ2v) is 8.68. The van der Waals surface area contributed by atoms with Gasteiger partial charge in [0.25, 0.3) is 0 Å². The number of aromatic nitrogens is 3. The summed E-state index contributed by atoms with van der Waals surface area (Å²) in [7, 11) is 1.79. The molecule has 2 aromatic heterocycles. The van der Waals surface area contributed by atoms with Crippen LogP contribution >= 0.6 is 0 Å². The van der Waals surface area contributed by atoms with Crippen LogP contribution in [0.15, 0.2) is 24.5 Å². The number of methoxy groups -OCH3 is 1. The molecular formula is C22H31N7O. The molecule has 2 fully saturated rings. The van der Waals surface area contributed by atoms with Crippen molar-refractivity contribution in [3.63, 3.8) is 0 Å². The van der Waals surface area contributed by atoms with Gasteiger partial charge in [-0.05, 0) is 51.5 Å². The molecule has 30 heavy (non-hydrogen) atoms. The van der Waals surface area contributed by atoms with Gasteiger partial charge in [0.15, 0.2) is 0 Å². The number of anilines is 5. The zero-order chi connectivity index (χ0) is 20.7. The Morgan fingerprint density at radius 2 is 1.97 bits per heavy atom. The van der Waals surface area contributed by atoms with Crippen molar-refractivity contribution < 1.29 is 4.74 Å². The summed E-state index contributed by atoms with van der Waals surface area (Å²) in [6, 6.07) is 4.56. The van der Waals surface area contributed by atoms with E-state index in [1.807, 2.05) is 18.5 Å². The molecule has 5 rings (SSSR count). The Balaban J connectivity index is 1.32. The number of nitrogens with one attached hydrogen (secondary N) is 2. The van der Waals surface area contributed by atoms with Crippen LogP contribution < -0.4 is 20.4 Å². The monoisotopic (exact) mass is 409 g/mol. The Kier molecular flexibility index (Phi) is 5.10. The molecule has 4 heterocycles. The minimum atomic E-state index is 0.285. The van der Waals surface area contributed by atoms with E-state index in [2.05, 4.69) is 50.3 Å². The second kappa shape index (κ2) is 7.91. The van der Waals surface area contributed by atoms with Gasteiger partial charge in [-0.25, -0.2) is 9.97 Å². The van der Waals surface area contributed by atoms with Crippen molar-refractivity contribution in [3.05, 3.63) is 24.5 Å². The lowest BCUT2D eigenvalue weighted by Crippen LogP contribution is -2.41. The van der Waals surface area contributed by atoms with Gasteiger partial charge in [0.05, 0.1) is 29.8 Å². The van der Waals surface area contributed by atoms with E-state index in [-0.39, 0.29) is 6.17 Å². The van der Waals surface area contributed by atoms with Crippen LogP contribution in [0.4, 0.5) is 29.0 Å². The SMILES string of the molecule is COC1CCN(c2nccc(Nc3cc4c(cn3)NC(C)N4C(C)C3CC3)n2)CC1. The van der Waals surface area contributed by atoms with E-state index in [0.717, 1.165) is 55.1 Å². The molecule has 2 aromatic rings. The van der Waals surface area contributed by atoms with Crippen LogP contribution in [0.2, 0.25) is 0 Å². The van der Waals surface area contributed by atoms with E-state index < -0.39 is 0 Å². The van der Waals surface area contributed by atoms with Crippen LogP contribution in [0.1, 0.15) is 39.5 Å². The summed E-state index contributed by atoms with van der Waals surface area (Å²) in [5.41, 5.74) is 2.32. The van der Waals surface area contributed by atoms with Gasteiger partial charge in [-0.2, -0.15) is 4.98 Å². The summed E-state index contributed by atoms with van der Waals surface area (Å²) in [6.45, 7) is 6.38. The molecule has 0 aromatic carbocycles. The molecule has 8 heteroatoms. The van der Waals surface area contributed by atoms with Crippen LogP contribution in [0.25, 0.3) is 0 Å². The van der Waals surface area contributed by atoms with Crippen molar-refractivity contribution in [2.75, 3.05) is 40.6 Å². The highest BCUT2D eigenvalue weighted by molar-refractivity contribution is 5.78. The van der Waals surface area contributed by atoms with E-state index >= 15 is 0 Å². The maximum Gasteiger partial charge on any atom is 0.227 e. The van der Waals surface area contributed by atoms with E-state index in [9.17, 15) is 0 Å². The maximum absolute atomic E-state index is 5.47. The number of hydrogen-bond donors (Lipinski definition) is 2. The third-order valence-corrected chi connectivity index (χ3v) is 6.64. The first kappa shape index (κ1) is 19.4. The average Bonchev–Trinajstić information content (AvgIpc) is 3.56. The third-order valence-electron chi connectivity index (χ3n) is 6.64. The zero-order valence-corrected chi connectivity index (χ0v) is 18.0. The Labute approximate surface area is 178 Å². The van der Waals surface area contributed by atoms with Crippen molar-refractivity contribution in [2.45, 2.75) is 57.8 Å². The Morgan fingerprint density at radius 3 is 2.70 bits per heavy atom. The molecule has 2 N–H and O–H groups in total. The normalized spacial score (nSPS) is 22.6. The molecular weight excluding hydrogens is 378 g/mol. The van der Waals surface area contributed by atoms with E-state index in [1.165, 1.54) is 18.5 Å². The summed E-state index contributed by atoms with van der Waals surface area (Å²) < 4.78 is 5.47. The summed E-state index contributed by atoms with van der Waals surface area (Å²) in [4.78, 5) is 18.5. The van der Waals surface area contributed by atoms with E-state index in [0.29, 0.717) is 12.1 Å². The van der Waals surface area contributed by atoms with Gasteiger partial charge >= 0.3 is 0 Å². The summed E-state index contributed by atoms with van der Waals surface area (Å²) in [6.07, 6.45) is 9.04. The number of piperidine rings is 1. The quantitative estimate of drug-likeness (QED) is 0.749. The van der Waals surface area contributed by atoms with Crippen LogP contribution in [-0.2, 0) is 4.74 Å². The number of fused-ring (bicyclic) bond motifs is 1. The summed E-state index contributed by atoms with van der Waals surface area (Å²) in [5, 5.41) is 6.94. The van der Waals surface area contributed by atoms with Crippen molar-refractivity contribution in [3.8, 4) is 0 Å². The highest BCUT2D eigenvalue weighted by Crippen LogP contribution is 2.43. The van der Waals surface area contributed by atoms with Gasteiger partial charge in [0.2, 0.25) is 5.95 Å². The standard InChI is InChI=1S/C22H31N7O/c1-14(16-4-5-16)29-15(2)25-18-13-24-21(12-19(18)29)26-20-6-9-23-22(27-20)28-10-7-17(30-3)8-11-28/h6,9,12-17,25H,4-5,7-8,10-11H2,1-3H3,(H,23,24,26,27). The Morgan fingerprint density at radius 1 is 1.17 bits per heavy atom. The first-order chi connectivity index (χ1) is 14.6. The fourth-order valence-corrected chi connectivity index (χ4v) is 4.71. The smallest absolute Gasteiger partial charge is 0.227 e. The van der Waals surface area contributed by atoms with E-state index in [4.69, 9.17) is 9.72 Å². The molecule has 1 aliphatic carbocycles. The molecule has 2 atom stereocenters. The van der Waals surface area contributed by atoms with Crippen LogP contribution in [0.5, 0.6) is 0 Å². The zero-order valence-electron chi connectivity index (χ0n) is 18.0. The molecule has 0 radical (unpaired) electrons. The fraction of sp³-hybridized carbons (Fsp3) is 0.591. The molecule has 160 valence electrons. The first-order valence-corrected chi connectivity index (χ1v) is 11.0. The molecule has 0 bridgehead atoms. The lowest BCUT2D eigenvalue weighted by Gasteiger charge is -2.31. The number of ether oxygens (including phenoxy) is 1. The third kappa shape index (κ3) is 3.76. The topological polar surface area (TPSA) is 78.4 Å². The van der Waals surface area contributed by atoms with Crippen molar-refractivity contribution >= 4 is 29.0 Å². The van der Waals surface area contributed by atoms with Gasteiger partial charge in [-0.15, -0.1) is 0 Å². The largest absolute Gasteiger partial charge is 0.381 e.